The van der Waals surface area contributed by atoms with Crippen molar-refractivity contribution < 1.29 is 9.90 Å². The number of carboxylic acid groups (broad SMARTS) is 1. The van der Waals surface area contributed by atoms with Gasteiger partial charge in [-0.25, -0.2) is 4.68 Å². The first-order chi connectivity index (χ1) is 7.43. The normalized spacial score (nSPS) is 14.5. The zero-order chi connectivity index (χ0) is 12.3. The SMILES string of the molecule is CC(CC(N)C(=O)O)N(C)c1ncnn1C. The average molecular weight is 227 g/mol. The number of aryl methyl sites for hydroxylation is 1. The molecular weight excluding hydrogens is 210 g/mol. The van der Waals surface area contributed by atoms with Crippen LogP contribution in [0.2, 0.25) is 0 Å². The van der Waals surface area contributed by atoms with Crippen LogP contribution < -0.4 is 10.6 Å². The molecular formula is C9H17N5O2. The molecule has 0 aliphatic rings. The zero-order valence-corrected chi connectivity index (χ0v) is 9.66. The summed E-state index contributed by atoms with van der Waals surface area (Å²) in [4.78, 5) is 16.6. The molecule has 16 heavy (non-hydrogen) atoms. The van der Waals surface area contributed by atoms with Gasteiger partial charge in [-0.15, -0.1) is 0 Å². The van der Waals surface area contributed by atoms with Crippen LogP contribution in [0.25, 0.3) is 0 Å². The lowest BCUT2D eigenvalue weighted by Gasteiger charge is -2.26. The average Bonchev–Trinajstić information content (AvgIpc) is 2.62. The topological polar surface area (TPSA) is 97.3 Å². The predicted molar refractivity (Wildman–Crippen MR) is 59.1 cm³/mol. The Bertz CT molecular complexity index is 365. The first-order valence-corrected chi connectivity index (χ1v) is 4.98. The Morgan fingerprint density at radius 3 is 2.81 bits per heavy atom. The summed E-state index contributed by atoms with van der Waals surface area (Å²) in [5.41, 5.74) is 5.48. The van der Waals surface area contributed by atoms with E-state index in [-0.39, 0.29) is 6.04 Å². The van der Waals surface area contributed by atoms with Crippen molar-refractivity contribution in [3.63, 3.8) is 0 Å². The highest BCUT2D eigenvalue weighted by atomic mass is 16.4. The minimum Gasteiger partial charge on any atom is -0.480 e. The maximum Gasteiger partial charge on any atom is 0.320 e. The summed E-state index contributed by atoms with van der Waals surface area (Å²) in [6, 6.07) is -0.875. The summed E-state index contributed by atoms with van der Waals surface area (Å²) < 4.78 is 1.63. The molecule has 2 atom stereocenters. The van der Waals surface area contributed by atoms with Crippen molar-refractivity contribution in [3.8, 4) is 0 Å². The number of anilines is 1. The van der Waals surface area contributed by atoms with Crippen LogP contribution in [0.1, 0.15) is 13.3 Å². The number of rotatable bonds is 5. The molecule has 1 aromatic rings. The van der Waals surface area contributed by atoms with Crippen LogP contribution in [0.15, 0.2) is 6.33 Å². The van der Waals surface area contributed by atoms with Crippen LogP contribution in [-0.4, -0.2) is 45.0 Å². The minimum atomic E-state index is -0.988. The van der Waals surface area contributed by atoms with Crippen molar-refractivity contribution in [1.29, 1.82) is 0 Å². The van der Waals surface area contributed by atoms with Gasteiger partial charge in [-0.2, -0.15) is 10.1 Å². The monoisotopic (exact) mass is 227 g/mol. The van der Waals surface area contributed by atoms with Gasteiger partial charge in [-0.1, -0.05) is 0 Å². The zero-order valence-electron chi connectivity index (χ0n) is 9.66. The molecule has 0 amide bonds. The molecule has 0 radical (unpaired) electrons. The second-order valence-corrected chi connectivity index (χ2v) is 3.82. The van der Waals surface area contributed by atoms with Crippen LogP contribution in [0.5, 0.6) is 0 Å². The van der Waals surface area contributed by atoms with Crippen molar-refractivity contribution in [2.45, 2.75) is 25.4 Å². The first-order valence-electron chi connectivity index (χ1n) is 4.98. The molecule has 90 valence electrons. The van der Waals surface area contributed by atoms with Gasteiger partial charge in [0.05, 0.1) is 0 Å². The van der Waals surface area contributed by atoms with Gasteiger partial charge in [0.2, 0.25) is 5.95 Å². The van der Waals surface area contributed by atoms with Gasteiger partial charge in [0.1, 0.15) is 12.4 Å². The molecule has 1 rings (SSSR count). The summed E-state index contributed by atoms with van der Waals surface area (Å²) >= 11 is 0. The molecule has 0 fully saturated rings. The molecule has 0 bridgehead atoms. The number of carboxylic acids is 1. The van der Waals surface area contributed by atoms with E-state index >= 15 is 0 Å². The summed E-state index contributed by atoms with van der Waals surface area (Å²) in [7, 11) is 3.62. The molecule has 1 heterocycles. The van der Waals surface area contributed by atoms with Crippen molar-refractivity contribution in [2.24, 2.45) is 12.8 Å². The maximum absolute atomic E-state index is 10.6. The van der Waals surface area contributed by atoms with Crippen LogP contribution in [0, 0.1) is 0 Å². The lowest BCUT2D eigenvalue weighted by atomic mass is 10.1. The Morgan fingerprint density at radius 1 is 1.75 bits per heavy atom. The molecule has 7 nitrogen and oxygen atoms in total. The number of aromatic nitrogens is 3. The van der Waals surface area contributed by atoms with Crippen LogP contribution in [0.3, 0.4) is 0 Å². The van der Waals surface area contributed by atoms with Gasteiger partial charge in [0.25, 0.3) is 0 Å². The molecule has 3 N–H and O–H groups in total. The number of hydrogen-bond acceptors (Lipinski definition) is 5. The largest absolute Gasteiger partial charge is 0.480 e. The van der Waals surface area contributed by atoms with E-state index in [0.717, 1.165) is 0 Å². The molecule has 0 aromatic carbocycles. The Kier molecular flexibility index (Phi) is 3.83. The number of hydrogen-bond donors (Lipinski definition) is 2. The van der Waals surface area contributed by atoms with Crippen molar-refractivity contribution in [1.82, 2.24) is 14.8 Å². The highest BCUT2D eigenvalue weighted by molar-refractivity contribution is 5.73. The Labute approximate surface area is 93.9 Å². The predicted octanol–water partition coefficient (Wildman–Crippen LogP) is -0.558. The lowest BCUT2D eigenvalue weighted by Crippen LogP contribution is -2.40. The number of nitrogens with two attached hydrogens (primary N) is 1. The van der Waals surface area contributed by atoms with E-state index < -0.39 is 12.0 Å². The molecule has 0 spiro atoms. The van der Waals surface area contributed by atoms with E-state index in [1.807, 2.05) is 18.9 Å². The highest BCUT2D eigenvalue weighted by Crippen LogP contribution is 2.12. The van der Waals surface area contributed by atoms with Crippen LogP contribution in [-0.2, 0) is 11.8 Å². The fraction of sp³-hybridized carbons (Fsp3) is 0.667. The third-order valence-electron chi connectivity index (χ3n) is 2.58. The second kappa shape index (κ2) is 4.93. The van der Waals surface area contributed by atoms with E-state index in [0.29, 0.717) is 12.4 Å². The number of aliphatic carboxylic acids is 1. The Morgan fingerprint density at radius 2 is 2.38 bits per heavy atom. The van der Waals surface area contributed by atoms with E-state index in [1.165, 1.54) is 6.33 Å². The third kappa shape index (κ3) is 2.69. The summed E-state index contributed by atoms with van der Waals surface area (Å²) in [5, 5.41) is 12.7. The minimum absolute atomic E-state index is 0.0194. The Balaban J connectivity index is 2.64. The molecule has 7 heteroatoms. The standard InChI is InChI=1S/C9H17N5O2/c1-6(4-7(10)8(15)16)13(2)9-11-5-12-14(9)3/h5-7H,4,10H2,1-3H3,(H,15,16). The quantitative estimate of drug-likeness (QED) is 0.700. The molecule has 0 saturated heterocycles. The molecule has 1 aromatic heterocycles. The van der Waals surface area contributed by atoms with E-state index in [9.17, 15) is 4.79 Å². The van der Waals surface area contributed by atoms with E-state index in [4.69, 9.17) is 10.8 Å². The van der Waals surface area contributed by atoms with Gasteiger partial charge in [0, 0.05) is 20.1 Å². The van der Waals surface area contributed by atoms with Crippen LogP contribution in [0.4, 0.5) is 5.95 Å². The van der Waals surface area contributed by atoms with Gasteiger partial charge in [0.15, 0.2) is 0 Å². The van der Waals surface area contributed by atoms with E-state index in [1.54, 1.807) is 11.7 Å². The van der Waals surface area contributed by atoms with Crippen LogP contribution >= 0.6 is 0 Å². The van der Waals surface area contributed by atoms with Crippen molar-refractivity contribution in [2.75, 3.05) is 11.9 Å². The molecule has 0 aliphatic carbocycles. The molecule has 0 aliphatic heterocycles. The fourth-order valence-corrected chi connectivity index (χ4v) is 1.43. The van der Waals surface area contributed by atoms with Crippen molar-refractivity contribution in [3.05, 3.63) is 6.33 Å². The smallest absolute Gasteiger partial charge is 0.320 e. The van der Waals surface area contributed by atoms with Gasteiger partial charge >= 0.3 is 5.97 Å². The highest BCUT2D eigenvalue weighted by Gasteiger charge is 2.20. The van der Waals surface area contributed by atoms with E-state index in [2.05, 4.69) is 10.1 Å². The van der Waals surface area contributed by atoms with Gasteiger partial charge in [-0.3, -0.25) is 4.79 Å². The summed E-state index contributed by atoms with van der Waals surface area (Å²) in [6.07, 6.45) is 1.81. The van der Waals surface area contributed by atoms with Gasteiger partial charge < -0.3 is 15.7 Å². The van der Waals surface area contributed by atoms with Crippen molar-refractivity contribution >= 4 is 11.9 Å². The number of carbonyl (C=O) groups is 1. The molecule has 2 unspecified atom stereocenters. The lowest BCUT2D eigenvalue weighted by molar-refractivity contribution is -0.138. The third-order valence-corrected chi connectivity index (χ3v) is 2.58. The maximum atomic E-state index is 10.6. The first kappa shape index (κ1) is 12.4. The Hall–Kier alpha value is -1.63. The fourth-order valence-electron chi connectivity index (χ4n) is 1.43. The summed E-state index contributed by atoms with van der Waals surface area (Å²) in [5.74, 6) is -0.302. The molecule has 0 saturated carbocycles. The van der Waals surface area contributed by atoms with Gasteiger partial charge in [-0.05, 0) is 13.3 Å². The second-order valence-electron chi connectivity index (χ2n) is 3.82. The number of nitrogens with zero attached hydrogens (tertiary/aromatic N) is 4. The summed E-state index contributed by atoms with van der Waals surface area (Å²) in [6.45, 7) is 1.90.